The van der Waals surface area contributed by atoms with Crippen molar-refractivity contribution in [2.45, 2.75) is 34.1 Å². The van der Waals surface area contributed by atoms with Gasteiger partial charge in [-0.2, -0.15) is 0 Å². The lowest BCUT2D eigenvalue weighted by Gasteiger charge is -2.05. The largest absolute Gasteiger partial charge is 0.359 e. The first-order valence-electron chi connectivity index (χ1n) is 7.77. The Kier molecular flexibility index (Phi) is 4.16. The molecule has 7 nitrogen and oxygen atoms in total. The summed E-state index contributed by atoms with van der Waals surface area (Å²) < 4.78 is 6.79. The molecule has 1 aromatic carbocycles. The first-order chi connectivity index (χ1) is 11.5. The number of nitrogens with zero attached hydrogens (tertiary/aromatic N) is 4. The Morgan fingerprint density at radius 1 is 1.29 bits per heavy atom. The Labute approximate surface area is 139 Å². The van der Waals surface area contributed by atoms with E-state index in [4.69, 9.17) is 4.52 Å². The van der Waals surface area contributed by atoms with Crippen LogP contribution in [0.2, 0.25) is 0 Å². The fraction of sp³-hybridized carbons (Fsp3) is 0.294. The van der Waals surface area contributed by atoms with E-state index in [0.717, 1.165) is 11.3 Å². The maximum absolute atomic E-state index is 12.6. The normalized spacial score (nSPS) is 10.8. The average Bonchev–Trinajstić information content (AvgIpc) is 3.11. The molecule has 1 amide bonds. The molecule has 2 aromatic heterocycles. The molecule has 7 heteroatoms. The van der Waals surface area contributed by atoms with Crippen LogP contribution in [0, 0.1) is 20.8 Å². The van der Waals surface area contributed by atoms with E-state index in [9.17, 15) is 4.79 Å². The van der Waals surface area contributed by atoms with Gasteiger partial charge in [-0.1, -0.05) is 29.4 Å². The summed E-state index contributed by atoms with van der Waals surface area (Å²) in [7, 11) is 0. The van der Waals surface area contributed by atoms with Crippen LogP contribution in [-0.2, 0) is 6.42 Å². The second kappa shape index (κ2) is 6.27. The molecule has 3 rings (SSSR count). The molecule has 0 saturated heterocycles. The molecule has 24 heavy (non-hydrogen) atoms. The molecule has 0 fully saturated rings. The highest BCUT2D eigenvalue weighted by atomic mass is 16.5. The van der Waals surface area contributed by atoms with Gasteiger partial charge in [0.25, 0.3) is 5.91 Å². The van der Waals surface area contributed by atoms with E-state index in [1.54, 1.807) is 11.6 Å². The monoisotopic (exact) mass is 325 g/mol. The van der Waals surface area contributed by atoms with Crippen LogP contribution in [0.15, 0.2) is 28.8 Å². The fourth-order valence-corrected chi connectivity index (χ4v) is 2.54. The number of carbonyl (C=O) groups is 1. The average molecular weight is 325 g/mol. The van der Waals surface area contributed by atoms with Gasteiger partial charge in [0.05, 0.1) is 11.4 Å². The van der Waals surface area contributed by atoms with Crippen molar-refractivity contribution in [3.05, 3.63) is 52.7 Å². The standard InChI is InChI=1S/C17H19N5O2/c1-5-14-16(12(4)24-20-14)18-17(23)15-11(3)22(21-19-15)13-8-6-7-10(2)9-13/h6-9H,5H2,1-4H3,(H,18,23). The van der Waals surface area contributed by atoms with Gasteiger partial charge in [-0.25, -0.2) is 4.68 Å². The lowest BCUT2D eigenvalue weighted by molar-refractivity contribution is 0.102. The number of hydrogen-bond acceptors (Lipinski definition) is 5. The molecule has 0 aliphatic heterocycles. The van der Waals surface area contributed by atoms with Crippen molar-refractivity contribution in [1.82, 2.24) is 20.2 Å². The zero-order chi connectivity index (χ0) is 17.3. The minimum atomic E-state index is -0.326. The maximum Gasteiger partial charge on any atom is 0.278 e. The third-order valence-corrected chi connectivity index (χ3v) is 3.86. The molecular formula is C17H19N5O2. The fourth-order valence-electron chi connectivity index (χ4n) is 2.54. The molecule has 2 heterocycles. The summed E-state index contributed by atoms with van der Waals surface area (Å²) in [6.45, 7) is 7.53. The summed E-state index contributed by atoms with van der Waals surface area (Å²) in [5.41, 5.74) is 4.25. The quantitative estimate of drug-likeness (QED) is 0.797. The Bertz CT molecular complexity index is 894. The Morgan fingerprint density at radius 3 is 2.79 bits per heavy atom. The highest BCUT2D eigenvalue weighted by Gasteiger charge is 2.21. The first kappa shape index (κ1) is 15.9. The highest BCUT2D eigenvalue weighted by Crippen LogP contribution is 2.22. The lowest BCUT2D eigenvalue weighted by atomic mass is 10.2. The number of carbonyl (C=O) groups excluding carboxylic acids is 1. The number of benzene rings is 1. The third kappa shape index (κ3) is 2.80. The number of amides is 1. The Balaban J connectivity index is 1.90. The summed E-state index contributed by atoms with van der Waals surface area (Å²) in [5.74, 6) is 0.247. The van der Waals surface area contributed by atoms with Crippen molar-refractivity contribution in [2.75, 3.05) is 5.32 Å². The Hall–Kier alpha value is -2.96. The second-order valence-corrected chi connectivity index (χ2v) is 5.64. The van der Waals surface area contributed by atoms with E-state index in [0.29, 0.717) is 29.3 Å². The van der Waals surface area contributed by atoms with E-state index in [-0.39, 0.29) is 11.6 Å². The van der Waals surface area contributed by atoms with Crippen LogP contribution >= 0.6 is 0 Å². The van der Waals surface area contributed by atoms with Crippen molar-refractivity contribution in [2.24, 2.45) is 0 Å². The van der Waals surface area contributed by atoms with Crippen molar-refractivity contribution in [3.63, 3.8) is 0 Å². The van der Waals surface area contributed by atoms with Crippen LogP contribution in [0.5, 0.6) is 0 Å². The molecule has 0 radical (unpaired) electrons. The van der Waals surface area contributed by atoms with Crippen molar-refractivity contribution in [3.8, 4) is 5.69 Å². The molecule has 0 aliphatic carbocycles. The smallest absolute Gasteiger partial charge is 0.278 e. The van der Waals surface area contributed by atoms with E-state index < -0.39 is 0 Å². The molecule has 0 unspecified atom stereocenters. The molecule has 124 valence electrons. The van der Waals surface area contributed by atoms with Crippen LogP contribution < -0.4 is 5.32 Å². The molecule has 0 spiro atoms. The predicted molar refractivity (Wildman–Crippen MR) is 89.4 cm³/mol. The summed E-state index contributed by atoms with van der Waals surface area (Å²) in [6.07, 6.45) is 0.669. The molecule has 0 aliphatic rings. The highest BCUT2D eigenvalue weighted by molar-refractivity contribution is 6.04. The number of aryl methyl sites for hydroxylation is 3. The predicted octanol–water partition coefficient (Wildman–Crippen LogP) is 3.00. The van der Waals surface area contributed by atoms with Gasteiger partial charge in [0.1, 0.15) is 11.4 Å². The zero-order valence-corrected chi connectivity index (χ0v) is 14.1. The van der Waals surface area contributed by atoms with Crippen LogP contribution in [0.4, 0.5) is 5.69 Å². The minimum Gasteiger partial charge on any atom is -0.359 e. The molecule has 0 atom stereocenters. The Morgan fingerprint density at radius 2 is 2.08 bits per heavy atom. The summed E-state index contributed by atoms with van der Waals surface area (Å²) in [4.78, 5) is 12.6. The summed E-state index contributed by atoms with van der Waals surface area (Å²) >= 11 is 0. The van der Waals surface area contributed by atoms with E-state index in [2.05, 4.69) is 20.8 Å². The van der Waals surface area contributed by atoms with Crippen molar-refractivity contribution in [1.29, 1.82) is 0 Å². The number of hydrogen-bond donors (Lipinski definition) is 1. The molecule has 3 aromatic rings. The molecular weight excluding hydrogens is 306 g/mol. The van der Waals surface area contributed by atoms with Crippen LogP contribution in [0.1, 0.15) is 40.1 Å². The summed E-state index contributed by atoms with van der Waals surface area (Å²) in [5, 5.41) is 14.9. The van der Waals surface area contributed by atoms with Crippen LogP contribution in [0.25, 0.3) is 5.69 Å². The minimum absolute atomic E-state index is 0.277. The van der Waals surface area contributed by atoms with Crippen molar-refractivity contribution >= 4 is 11.6 Å². The van der Waals surface area contributed by atoms with Gasteiger partial charge in [-0.05, 0) is 44.9 Å². The van der Waals surface area contributed by atoms with Gasteiger partial charge in [0, 0.05) is 0 Å². The second-order valence-electron chi connectivity index (χ2n) is 5.64. The van der Waals surface area contributed by atoms with Crippen LogP contribution in [-0.4, -0.2) is 26.1 Å². The summed E-state index contributed by atoms with van der Waals surface area (Å²) in [6, 6.07) is 7.86. The maximum atomic E-state index is 12.6. The van der Waals surface area contributed by atoms with E-state index in [1.807, 2.05) is 45.0 Å². The van der Waals surface area contributed by atoms with Crippen LogP contribution in [0.3, 0.4) is 0 Å². The van der Waals surface area contributed by atoms with Gasteiger partial charge < -0.3 is 9.84 Å². The van der Waals surface area contributed by atoms with Gasteiger partial charge >= 0.3 is 0 Å². The first-order valence-corrected chi connectivity index (χ1v) is 7.77. The lowest BCUT2D eigenvalue weighted by Crippen LogP contribution is -2.15. The molecule has 1 N–H and O–H groups in total. The topological polar surface area (TPSA) is 85.8 Å². The zero-order valence-electron chi connectivity index (χ0n) is 14.1. The van der Waals surface area contributed by atoms with Gasteiger partial charge in [0.2, 0.25) is 0 Å². The van der Waals surface area contributed by atoms with Gasteiger partial charge in [-0.3, -0.25) is 4.79 Å². The van der Waals surface area contributed by atoms with E-state index in [1.165, 1.54) is 0 Å². The SMILES string of the molecule is CCc1noc(C)c1NC(=O)c1nnn(-c2cccc(C)c2)c1C. The number of nitrogens with one attached hydrogen (secondary N) is 1. The van der Waals surface area contributed by atoms with Crippen molar-refractivity contribution < 1.29 is 9.32 Å². The van der Waals surface area contributed by atoms with Gasteiger partial charge in [0.15, 0.2) is 11.5 Å². The third-order valence-electron chi connectivity index (χ3n) is 3.86. The van der Waals surface area contributed by atoms with Gasteiger partial charge in [-0.15, -0.1) is 5.10 Å². The number of aromatic nitrogens is 4. The number of anilines is 1. The van der Waals surface area contributed by atoms with E-state index >= 15 is 0 Å². The number of rotatable bonds is 4. The molecule has 0 saturated carbocycles. The molecule has 0 bridgehead atoms.